The maximum Gasteiger partial charge on any atom is 0.275 e. The summed E-state index contributed by atoms with van der Waals surface area (Å²) < 4.78 is 19.4. The molecular formula is C27H24FN3O2. The van der Waals surface area contributed by atoms with E-state index in [1.165, 1.54) is 12.1 Å². The smallest absolute Gasteiger partial charge is 0.275 e. The largest absolute Gasteiger partial charge is 0.494 e. The van der Waals surface area contributed by atoms with Crippen LogP contribution in [0.15, 0.2) is 95.1 Å². The lowest BCUT2D eigenvalue weighted by molar-refractivity contribution is -0.115. The van der Waals surface area contributed by atoms with Crippen LogP contribution in [0.25, 0.3) is 0 Å². The first-order valence-electron chi connectivity index (χ1n) is 11.1. The first-order chi connectivity index (χ1) is 16.2. The number of hydrogen-bond acceptors (Lipinski definition) is 4. The summed E-state index contributed by atoms with van der Waals surface area (Å²) in [6.07, 6.45) is 0. The van der Waals surface area contributed by atoms with Gasteiger partial charge in [-0.05, 0) is 61.0 Å². The van der Waals surface area contributed by atoms with Gasteiger partial charge in [0.05, 0.1) is 24.9 Å². The van der Waals surface area contributed by atoms with Crippen molar-refractivity contribution in [3.8, 4) is 5.75 Å². The zero-order valence-corrected chi connectivity index (χ0v) is 18.3. The highest BCUT2D eigenvalue weighted by atomic mass is 19.1. The van der Waals surface area contributed by atoms with E-state index in [2.05, 4.69) is 5.32 Å². The molecule has 0 unspecified atom stereocenters. The van der Waals surface area contributed by atoms with E-state index in [9.17, 15) is 9.18 Å². The van der Waals surface area contributed by atoms with Crippen LogP contribution in [0.1, 0.15) is 24.1 Å². The van der Waals surface area contributed by atoms with Crippen LogP contribution in [0.2, 0.25) is 0 Å². The van der Waals surface area contributed by atoms with Crippen molar-refractivity contribution in [1.82, 2.24) is 5.32 Å². The molecule has 0 aromatic heterocycles. The average molecular weight is 442 g/mol. The summed E-state index contributed by atoms with van der Waals surface area (Å²) in [6.45, 7) is 3.64. The second-order valence-corrected chi connectivity index (χ2v) is 7.87. The number of ether oxygens (including phenoxy) is 1. The minimum Gasteiger partial charge on any atom is -0.494 e. The van der Waals surface area contributed by atoms with E-state index in [0.29, 0.717) is 25.4 Å². The molecule has 6 heteroatoms. The van der Waals surface area contributed by atoms with E-state index in [-0.39, 0.29) is 11.7 Å². The normalized spacial score (nSPS) is 17.9. The fraction of sp³-hybridized carbons (Fsp3) is 0.185. The van der Waals surface area contributed by atoms with E-state index >= 15 is 0 Å². The molecular weight excluding hydrogens is 417 g/mol. The van der Waals surface area contributed by atoms with Crippen molar-refractivity contribution < 1.29 is 13.9 Å². The van der Waals surface area contributed by atoms with Crippen LogP contribution in [0.5, 0.6) is 5.75 Å². The van der Waals surface area contributed by atoms with Crippen LogP contribution in [-0.4, -0.2) is 31.3 Å². The minimum atomic E-state index is -0.439. The Hall–Kier alpha value is -3.93. The average Bonchev–Trinajstić information content (AvgIpc) is 2.98. The quantitative estimate of drug-likeness (QED) is 0.627. The molecule has 3 aromatic rings. The highest BCUT2D eigenvalue weighted by Gasteiger charge is 2.43. The van der Waals surface area contributed by atoms with Crippen molar-refractivity contribution in [2.75, 3.05) is 24.6 Å². The third-order valence-electron chi connectivity index (χ3n) is 5.83. The molecule has 3 aromatic carbocycles. The van der Waals surface area contributed by atoms with Crippen LogP contribution in [0.3, 0.4) is 0 Å². The van der Waals surface area contributed by atoms with Gasteiger partial charge in [0.15, 0.2) is 0 Å². The third kappa shape index (κ3) is 3.89. The summed E-state index contributed by atoms with van der Waals surface area (Å²) in [5, 5.41) is 3.31. The van der Waals surface area contributed by atoms with Gasteiger partial charge in [0, 0.05) is 23.4 Å². The van der Waals surface area contributed by atoms with E-state index < -0.39 is 6.04 Å². The second kappa shape index (κ2) is 8.90. The molecule has 0 bridgehead atoms. The molecule has 5 nitrogen and oxygen atoms in total. The van der Waals surface area contributed by atoms with Gasteiger partial charge in [-0.25, -0.2) is 4.39 Å². The number of halogens is 1. The summed E-state index contributed by atoms with van der Waals surface area (Å²) in [5.74, 6) is 0.347. The second-order valence-electron chi connectivity index (χ2n) is 7.87. The van der Waals surface area contributed by atoms with E-state index in [1.807, 2.05) is 61.5 Å². The van der Waals surface area contributed by atoms with E-state index in [0.717, 1.165) is 33.8 Å². The number of amides is 1. The zero-order chi connectivity index (χ0) is 22.8. The van der Waals surface area contributed by atoms with Gasteiger partial charge < -0.3 is 10.1 Å². The predicted octanol–water partition coefficient (Wildman–Crippen LogP) is 4.66. The van der Waals surface area contributed by atoms with Gasteiger partial charge in [-0.15, -0.1) is 0 Å². The molecule has 2 aliphatic rings. The van der Waals surface area contributed by atoms with Crippen molar-refractivity contribution in [3.05, 3.63) is 107 Å². The monoisotopic (exact) mass is 441 g/mol. The van der Waals surface area contributed by atoms with Crippen molar-refractivity contribution in [2.24, 2.45) is 4.99 Å². The topological polar surface area (TPSA) is 53.9 Å². The molecule has 5 rings (SSSR count). The first kappa shape index (κ1) is 20.9. The number of nitrogens with zero attached hydrogens (tertiary/aromatic N) is 2. The number of anilines is 1. The van der Waals surface area contributed by atoms with Gasteiger partial charge in [-0.1, -0.05) is 30.3 Å². The summed E-state index contributed by atoms with van der Waals surface area (Å²) in [5.41, 5.74) is 4.61. The molecule has 166 valence electrons. The molecule has 2 heterocycles. The molecule has 0 radical (unpaired) electrons. The third-order valence-corrected chi connectivity index (χ3v) is 5.83. The van der Waals surface area contributed by atoms with Crippen LogP contribution in [-0.2, 0) is 4.79 Å². The van der Waals surface area contributed by atoms with Crippen molar-refractivity contribution in [2.45, 2.75) is 13.0 Å². The Morgan fingerprint density at radius 2 is 1.76 bits per heavy atom. The predicted molar refractivity (Wildman–Crippen MR) is 127 cm³/mol. The Labute approximate surface area is 192 Å². The summed E-state index contributed by atoms with van der Waals surface area (Å²) in [6, 6.07) is 23.2. The number of para-hydroxylation sites is 1. The lowest BCUT2D eigenvalue weighted by Crippen LogP contribution is -2.33. The lowest BCUT2D eigenvalue weighted by Gasteiger charge is -2.28. The SMILES string of the molecule is CCOc1ccc(C2=NCCNC3=C2[C@H](c2ccc(F)cc2)N(c2ccccc2)C3=O)cc1. The van der Waals surface area contributed by atoms with Crippen LogP contribution >= 0.6 is 0 Å². The van der Waals surface area contributed by atoms with Gasteiger partial charge in [0.2, 0.25) is 0 Å². The van der Waals surface area contributed by atoms with E-state index in [1.54, 1.807) is 17.0 Å². The molecule has 1 N–H and O–H groups in total. The van der Waals surface area contributed by atoms with Crippen LogP contribution in [0.4, 0.5) is 10.1 Å². The van der Waals surface area contributed by atoms with Gasteiger partial charge in [0.25, 0.3) is 5.91 Å². The molecule has 0 saturated carbocycles. The molecule has 1 atom stereocenters. The van der Waals surface area contributed by atoms with E-state index in [4.69, 9.17) is 9.73 Å². The number of carbonyl (C=O) groups is 1. The van der Waals surface area contributed by atoms with Gasteiger partial charge in [0.1, 0.15) is 17.3 Å². The van der Waals surface area contributed by atoms with Gasteiger partial charge in [-0.3, -0.25) is 14.7 Å². The Kier molecular flexibility index (Phi) is 5.65. The van der Waals surface area contributed by atoms with Crippen LogP contribution in [0, 0.1) is 5.82 Å². The summed E-state index contributed by atoms with van der Waals surface area (Å²) in [7, 11) is 0. The fourth-order valence-electron chi connectivity index (χ4n) is 4.41. The molecule has 0 fully saturated rings. The standard InChI is InChI=1S/C27H24FN3O2/c1-2-33-22-14-10-18(11-15-22)24-23-25(30-17-16-29-24)27(32)31(21-6-4-3-5-7-21)26(23)19-8-12-20(28)13-9-19/h3-15,26,30H,2,16-17H2,1H3/t26-/m0/s1. The van der Waals surface area contributed by atoms with Crippen molar-refractivity contribution >= 4 is 17.3 Å². The van der Waals surface area contributed by atoms with Crippen molar-refractivity contribution in [3.63, 3.8) is 0 Å². The lowest BCUT2D eigenvalue weighted by atomic mass is 9.91. The maximum atomic E-state index is 13.8. The zero-order valence-electron chi connectivity index (χ0n) is 18.3. The number of benzene rings is 3. The van der Waals surface area contributed by atoms with Crippen molar-refractivity contribution in [1.29, 1.82) is 0 Å². The number of carbonyl (C=O) groups excluding carboxylic acids is 1. The fourth-order valence-corrected chi connectivity index (χ4v) is 4.41. The molecule has 33 heavy (non-hydrogen) atoms. The van der Waals surface area contributed by atoms with Crippen LogP contribution < -0.4 is 15.0 Å². The number of hydrogen-bond donors (Lipinski definition) is 1. The number of rotatable bonds is 5. The Morgan fingerprint density at radius 1 is 1.03 bits per heavy atom. The summed E-state index contributed by atoms with van der Waals surface area (Å²) >= 11 is 0. The highest BCUT2D eigenvalue weighted by Crippen LogP contribution is 2.42. The Morgan fingerprint density at radius 3 is 2.45 bits per heavy atom. The molecule has 2 aliphatic heterocycles. The molecule has 0 aliphatic carbocycles. The number of aliphatic imine (C=N–C) groups is 1. The minimum absolute atomic E-state index is 0.119. The molecule has 0 saturated heterocycles. The number of nitrogens with one attached hydrogen (secondary N) is 1. The summed E-state index contributed by atoms with van der Waals surface area (Å²) in [4.78, 5) is 20.4. The molecule has 1 amide bonds. The molecule has 0 spiro atoms. The highest BCUT2D eigenvalue weighted by molar-refractivity contribution is 6.23. The maximum absolute atomic E-state index is 13.8. The Balaban J connectivity index is 1.67. The van der Waals surface area contributed by atoms with Gasteiger partial charge in [-0.2, -0.15) is 0 Å². The Bertz CT molecular complexity index is 1220. The first-order valence-corrected chi connectivity index (χ1v) is 11.1. The van der Waals surface area contributed by atoms with Gasteiger partial charge >= 0.3 is 0 Å².